The van der Waals surface area contributed by atoms with E-state index < -0.39 is 6.10 Å². The van der Waals surface area contributed by atoms with Gasteiger partial charge in [0.2, 0.25) is 5.91 Å². The third-order valence-corrected chi connectivity index (χ3v) is 4.62. The highest BCUT2D eigenvalue weighted by atomic mass is 16.3. The molecule has 1 unspecified atom stereocenters. The van der Waals surface area contributed by atoms with E-state index in [0.717, 1.165) is 30.3 Å². The van der Waals surface area contributed by atoms with E-state index in [0.29, 0.717) is 25.9 Å². The SMILES string of the molecule is Cc1nn(C)cc1CCC(=O)NCC(O)CN1CCC(C)CC1. The van der Waals surface area contributed by atoms with E-state index in [2.05, 4.69) is 22.2 Å². The number of piperidine rings is 1. The molecule has 1 atom stereocenters. The second-order valence-corrected chi connectivity index (χ2v) is 6.85. The first-order valence-electron chi connectivity index (χ1n) is 8.60. The molecule has 1 saturated heterocycles. The van der Waals surface area contributed by atoms with E-state index in [1.807, 2.05) is 20.2 Å². The number of nitrogens with one attached hydrogen (secondary N) is 1. The molecular weight excluding hydrogens is 292 g/mol. The van der Waals surface area contributed by atoms with Gasteiger partial charge in [-0.15, -0.1) is 0 Å². The molecule has 1 aliphatic rings. The maximum Gasteiger partial charge on any atom is 0.220 e. The van der Waals surface area contributed by atoms with Crippen LogP contribution in [0.5, 0.6) is 0 Å². The molecule has 6 nitrogen and oxygen atoms in total. The summed E-state index contributed by atoms with van der Waals surface area (Å²) < 4.78 is 1.77. The summed E-state index contributed by atoms with van der Waals surface area (Å²) in [7, 11) is 1.88. The smallest absolute Gasteiger partial charge is 0.220 e. The van der Waals surface area contributed by atoms with Crippen LogP contribution in [-0.2, 0) is 18.3 Å². The summed E-state index contributed by atoms with van der Waals surface area (Å²) in [5, 5.41) is 17.2. The van der Waals surface area contributed by atoms with Gasteiger partial charge in [0.05, 0.1) is 11.8 Å². The average molecular weight is 322 g/mol. The molecule has 1 fully saturated rings. The molecule has 6 heteroatoms. The van der Waals surface area contributed by atoms with Crippen LogP contribution in [0.1, 0.15) is 37.4 Å². The Kier molecular flexibility index (Phi) is 6.59. The van der Waals surface area contributed by atoms with E-state index in [-0.39, 0.29) is 5.91 Å². The van der Waals surface area contributed by atoms with Crippen molar-refractivity contribution in [3.05, 3.63) is 17.5 Å². The fourth-order valence-electron chi connectivity index (χ4n) is 3.07. The van der Waals surface area contributed by atoms with Gasteiger partial charge in [-0.25, -0.2) is 0 Å². The first-order valence-corrected chi connectivity index (χ1v) is 8.60. The highest BCUT2D eigenvalue weighted by Gasteiger charge is 2.18. The third kappa shape index (κ3) is 5.95. The van der Waals surface area contributed by atoms with Crippen LogP contribution in [-0.4, -0.2) is 58.0 Å². The number of rotatable bonds is 7. The number of aliphatic hydroxyl groups is 1. The molecule has 1 aromatic heterocycles. The van der Waals surface area contributed by atoms with Crippen LogP contribution in [0.15, 0.2) is 6.20 Å². The summed E-state index contributed by atoms with van der Waals surface area (Å²) in [4.78, 5) is 14.2. The number of carbonyl (C=O) groups is 1. The number of hydrogen-bond acceptors (Lipinski definition) is 4. The molecule has 0 aromatic carbocycles. The molecule has 2 rings (SSSR count). The third-order valence-electron chi connectivity index (χ3n) is 4.62. The standard InChI is InChI=1S/C17H30N4O2/c1-13-6-8-21(9-7-13)12-16(22)10-18-17(23)5-4-15-11-20(3)19-14(15)2/h11,13,16,22H,4-10,12H2,1-3H3,(H,18,23). The summed E-state index contributed by atoms with van der Waals surface area (Å²) in [5.41, 5.74) is 2.07. The molecule has 1 aliphatic heterocycles. The van der Waals surface area contributed by atoms with Crippen LogP contribution in [0.3, 0.4) is 0 Å². The quantitative estimate of drug-likeness (QED) is 0.781. The van der Waals surface area contributed by atoms with Crippen molar-refractivity contribution in [2.24, 2.45) is 13.0 Å². The van der Waals surface area contributed by atoms with Crippen molar-refractivity contribution in [3.8, 4) is 0 Å². The number of aromatic nitrogens is 2. The lowest BCUT2D eigenvalue weighted by Gasteiger charge is -2.31. The number of nitrogens with zero attached hydrogens (tertiary/aromatic N) is 3. The number of hydrogen-bond donors (Lipinski definition) is 2. The van der Waals surface area contributed by atoms with E-state index in [1.54, 1.807) is 4.68 Å². The zero-order valence-corrected chi connectivity index (χ0v) is 14.6. The first kappa shape index (κ1) is 17.9. The topological polar surface area (TPSA) is 70.4 Å². The van der Waals surface area contributed by atoms with Gasteiger partial charge in [-0.05, 0) is 50.8 Å². The number of likely N-dealkylation sites (tertiary alicyclic amines) is 1. The Labute approximate surface area is 138 Å². The predicted molar refractivity (Wildman–Crippen MR) is 90.1 cm³/mol. The fourth-order valence-corrected chi connectivity index (χ4v) is 3.07. The zero-order valence-electron chi connectivity index (χ0n) is 14.6. The molecule has 0 radical (unpaired) electrons. The second kappa shape index (κ2) is 8.45. The van der Waals surface area contributed by atoms with Gasteiger partial charge in [0.1, 0.15) is 0 Å². The molecule has 2 heterocycles. The van der Waals surface area contributed by atoms with Gasteiger partial charge < -0.3 is 15.3 Å². The maximum absolute atomic E-state index is 11.9. The minimum absolute atomic E-state index is 0.0143. The summed E-state index contributed by atoms with van der Waals surface area (Å²) in [5.74, 6) is 0.776. The summed E-state index contributed by atoms with van der Waals surface area (Å²) in [6.45, 7) is 7.30. The summed E-state index contributed by atoms with van der Waals surface area (Å²) >= 11 is 0. The number of aliphatic hydroxyl groups excluding tert-OH is 1. The Morgan fingerprint density at radius 3 is 2.78 bits per heavy atom. The van der Waals surface area contributed by atoms with Gasteiger partial charge in [0.15, 0.2) is 0 Å². The zero-order chi connectivity index (χ0) is 16.8. The Morgan fingerprint density at radius 1 is 1.48 bits per heavy atom. The Hall–Kier alpha value is -1.40. The molecule has 1 aromatic rings. The minimum atomic E-state index is -0.493. The van der Waals surface area contributed by atoms with E-state index in [9.17, 15) is 9.90 Å². The number of aryl methyl sites for hydroxylation is 3. The van der Waals surface area contributed by atoms with Gasteiger partial charge in [0.25, 0.3) is 0 Å². The first-order chi connectivity index (χ1) is 10.9. The molecular formula is C17H30N4O2. The molecule has 0 spiro atoms. The normalized spacial score (nSPS) is 18.1. The summed E-state index contributed by atoms with van der Waals surface area (Å²) in [6.07, 6.45) is 4.97. The number of β-amino-alcohol motifs (C(OH)–C–C–N with tert-alkyl or cyclic N) is 1. The Balaban J connectivity index is 1.62. The van der Waals surface area contributed by atoms with Crippen LogP contribution in [0.4, 0.5) is 0 Å². The molecule has 0 aliphatic carbocycles. The van der Waals surface area contributed by atoms with Crippen molar-refractivity contribution < 1.29 is 9.90 Å². The molecule has 130 valence electrons. The van der Waals surface area contributed by atoms with Crippen molar-refractivity contribution in [2.75, 3.05) is 26.2 Å². The van der Waals surface area contributed by atoms with Gasteiger partial charge in [-0.3, -0.25) is 9.48 Å². The molecule has 1 amide bonds. The van der Waals surface area contributed by atoms with Crippen molar-refractivity contribution >= 4 is 5.91 Å². The molecule has 23 heavy (non-hydrogen) atoms. The number of carbonyl (C=O) groups excluding carboxylic acids is 1. The maximum atomic E-state index is 11.9. The van der Waals surface area contributed by atoms with Crippen LogP contribution in [0.25, 0.3) is 0 Å². The highest BCUT2D eigenvalue weighted by molar-refractivity contribution is 5.76. The van der Waals surface area contributed by atoms with Crippen molar-refractivity contribution in [1.29, 1.82) is 0 Å². The Bertz CT molecular complexity index is 507. The van der Waals surface area contributed by atoms with Gasteiger partial charge >= 0.3 is 0 Å². The molecule has 0 saturated carbocycles. The van der Waals surface area contributed by atoms with Crippen molar-refractivity contribution in [3.63, 3.8) is 0 Å². The van der Waals surface area contributed by atoms with Crippen molar-refractivity contribution in [1.82, 2.24) is 20.0 Å². The van der Waals surface area contributed by atoms with E-state index in [1.165, 1.54) is 12.8 Å². The van der Waals surface area contributed by atoms with Gasteiger partial charge in [0, 0.05) is 32.8 Å². The lowest BCUT2D eigenvalue weighted by Crippen LogP contribution is -2.43. The number of amides is 1. The summed E-state index contributed by atoms with van der Waals surface area (Å²) in [6, 6.07) is 0. The second-order valence-electron chi connectivity index (χ2n) is 6.85. The van der Waals surface area contributed by atoms with E-state index in [4.69, 9.17) is 0 Å². The highest BCUT2D eigenvalue weighted by Crippen LogP contribution is 2.15. The lowest BCUT2D eigenvalue weighted by atomic mass is 9.99. The lowest BCUT2D eigenvalue weighted by molar-refractivity contribution is -0.121. The fraction of sp³-hybridized carbons (Fsp3) is 0.765. The predicted octanol–water partition coefficient (Wildman–Crippen LogP) is 0.870. The van der Waals surface area contributed by atoms with Crippen LogP contribution in [0, 0.1) is 12.8 Å². The van der Waals surface area contributed by atoms with Crippen LogP contribution < -0.4 is 5.32 Å². The molecule has 2 N–H and O–H groups in total. The minimum Gasteiger partial charge on any atom is -0.390 e. The van der Waals surface area contributed by atoms with E-state index >= 15 is 0 Å². The largest absolute Gasteiger partial charge is 0.390 e. The Morgan fingerprint density at radius 2 is 2.17 bits per heavy atom. The van der Waals surface area contributed by atoms with Gasteiger partial charge in [-0.1, -0.05) is 6.92 Å². The monoisotopic (exact) mass is 322 g/mol. The molecule has 0 bridgehead atoms. The van der Waals surface area contributed by atoms with Gasteiger partial charge in [-0.2, -0.15) is 5.10 Å². The van der Waals surface area contributed by atoms with Crippen LogP contribution in [0.2, 0.25) is 0 Å². The van der Waals surface area contributed by atoms with Crippen molar-refractivity contribution in [2.45, 2.75) is 45.6 Å². The van der Waals surface area contributed by atoms with Crippen LogP contribution >= 0.6 is 0 Å². The average Bonchev–Trinajstić information content (AvgIpc) is 2.83.